The summed E-state index contributed by atoms with van der Waals surface area (Å²) in [6.45, 7) is 3.85. The molecule has 0 atom stereocenters. The third-order valence-corrected chi connectivity index (χ3v) is 1.13. The Morgan fingerprint density at radius 2 is 1.73 bits per heavy atom. The fourth-order valence-electron chi connectivity index (χ4n) is 0.633. The van der Waals surface area contributed by atoms with Crippen LogP contribution in [0.5, 0.6) is 11.5 Å². The first-order chi connectivity index (χ1) is 5.20. The fourth-order valence-corrected chi connectivity index (χ4v) is 0.633. The molecule has 0 spiro atoms. The van der Waals surface area contributed by atoms with E-state index in [2.05, 4.69) is 0 Å². The summed E-state index contributed by atoms with van der Waals surface area (Å²) in [4.78, 5) is 8.00. The van der Waals surface area contributed by atoms with Crippen molar-refractivity contribution >= 4 is 6.79 Å². The molecule has 0 aliphatic carbocycles. The van der Waals surface area contributed by atoms with Gasteiger partial charge in [0.1, 0.15) is 6.79 Å². The maximum atomic E-state index is 8.85. The van der Waals surface area contributed by atoms with E-state index in [9.17, 15) is 0 Å². The van der Waals surface area contributed by atoms with E-state index < -0.39 is 0 Å². The van der Waals surface area contributed by atoms with Crippen molar-refractivity contribution in [2.45, 2.75) is 6.92 Å². The number of phenols is 2. The average molecular weight is 154 g/mol. The molecule has 0 fully saturated rings. The van der Waals surface area contributed by atoms with Crippen LogP contribution in [0.2, 0.25) is 0 Å². The molecule has 0 aliphatic rings. The van der Waals surface area contributed by atoms with E-state index in [0.717, 1.165) is 5.56 Å². The molecule has 0 aliphatic heterocycles. The second kappa shape index (κ2) is 4.33. The number of benzene rings is 1. The summed E-state index contributed by atoms with van der Waals surface area (Å²) >= 11 is 0. The van der Waals surface area contributed by atoms with Crippen molar-refractivity contribution in [1.82, 2.24) is 0 Å². The highest BCUT2D eigenvalue weighted by Crippen LogP contribution is 2.23. The van der Waals surface area contributed by atoms with Gasteiger partial charge in [0.05, 0.1) is 0 Å². The Kier molecular flexibility index (Phi) is 3.73. The molecule has 2 N–H and O–H groups in total. The molecule has 0 radical (unpaired) electrons. The lowest BCUT2D eigenvalue weighted by atomic mass is 10.2. The lowest BCUT2D eigenvalue weighted by molar-refractivity contribution is -0.0979. The first-order valence-corrected chi connectivity index (χ1v) is 2.97. The van der Waals surface area contributed by atoms with E-state index in [-0.39, 0.29) is 11.5 Å². The van der Waals surface area contributed by atoms with Gasteiger partial charge < -0.3 is 15.0 Å². The van der Waals surface area contributed by atoms with E-state index in [1.807, 2.05) is 13.7 Å². The van der Waals surface area contributed by atoms with Gasteiger partial charge in [-0.3, -0.25) is 0 Å². The predicted octanol–water partition coefficient (Wildman–Crippen LogP) is 1.22. The van der Waals surface area contributed by atoms with Gasteiger partial charge in [0.25, 0.3) is 0 Å². The number of rotatable bonds is 0. The second-order valence-corrected chi connectivity index (χ2v) is 1.99. The Morgan fingerprint density at radius 1 is 1.18 bits per heavy atom. The minimum atomic E-state index is -0.0689. The summed E-state index contributed by atoms with van der Waals surface area (Å²) in [6, 6.07) is 4.70. The van der Waals surface area contributed by atoms with Crippen LogP contribution in [0.15, 0.2) is 18.2 Å². The maximum Gasteiger partial charge on any atom is 0.157 e. The maximum absolute atomic E-state index is 8.85. The smallest absolute Gasteiger partial charge is 0.157 e. The third kappa shape index (κ3) is 2.71. The Morgan fingerprint density at radius 3 is 2.09 bits per heavy atom. The Bertz CT molecular complexity index is 233. The molecule has 0 aromatic heterocycles. The largest absolute Gasteiger partial charge is 0.504 e. The minimum Gasteiger partial charge on any atom is -0.504 e. The van der Waals surface area contributed by atoms with Crippen molar-refractivity contribution in [3.8, 4) is 11.5 Å². The van der Waals surface area contributed by atoms with Crippen LogP contribution < -0.4 is 0 Å². The molecule has 11 heavy (non-hydrogen) atoms. The number of carbonyl (C=O) groups is 1. The molecule has 0 heterocycles. The SMILES string of the molecule is C=O.Cc1ccc(O)c(O)c1. The van der Waals surface area contributed by atoms with Gasteiger partial charge in [0, 0.05) is 0 Å². The summed E-state index contributed by atoms with van der Waals surface area (Å²) in [5, 5.41) is 17.6. The Hall–Kier alpha value is -1.51. The zero-order valence-electron chi connectivity index (χ0n) is 6.24. The standard InChI is InChI=1S/C7H8O2.CH2O/c1-5-2-3-6(8)7(9)4-5;1-2/h2-4,8-9H,1H3;1H2. The van der Waals surface area contributed by atoms with Crippen LogP contribution in [0.4, 0.5) is 0 Å². The zero-order chi connectivity index (χ0) is 8.85. The summed E-state index contributed by atoms with van der Waals surface area (Å²) in [7, 11) is 0. The van der Waals surface area contributed by atoms with Crippen molar-refractivity contribution in [2.75, 3.05) is 0 Å². The van der Waals surface area contributed by atoms with E-state index in [4.69, 9.17) is 15.0 Å². The van der Waals surface area contributed by atoms with Gasteiger partial charge in [-0.25, -0.2) is 0 Å². The highest BCUT2D eigenvalue weighted by atomic mass is 16.3. The van der Waals surface area contributed by atoms with Crippen molar-refractivity contribution < 1.29 is 15.0 Å². The number of aromatic hydroxyl groups is 2. The molecule has 0 saturated carbocycles. The van der Waals surface area contributed by atoms with Gasteiger partial charge in [0.2, 0.25) is 0 Å². The van der Waals surface area contributed by atoms with Crippen LogP contribution in [0.25, 0.3) is 0 Å². The molecule has 3 nitrogen and oxygen atoms in total. The van der Waals surface area contributed by atoms with Crippen molar-refractivity contribution in [1.29, 1.82) is 0 Å². The molecule has 3 heteroatoms. The fraction of sp³-hybridized carbons (Fsp3) is 0.125. The van der Waals surface area contributed by atoms with Crippen LogP contribution in [-0.2, 0) is 4.79 Å². The molecule has 0 bridgehead atoms. The molecule has 1 rings (SSSR count). The summed E-state index contributed by atoms with van der Waals surface area (Å²) in [5.74, 6) is -0.129. The molecule has 0 unspecified atom stereocenters. The van der Waals surface area contributed by atoms with Gasteiger partial charge in [-0.1, -0.05) is 6.07 Å². The number of phenolic OH excluding ortho intramolecular Hbond substituents is 2. The highest BCUT2D eigenvalue weighted by Gasteiger charge is 1.94. The molecule has 0 amide bonds. The Labute approximate surface area is 64.9 Å². The topological polar surface area (TPSA) is 57.5 Å². The molecule has 0 saturated heterocycles. The highest BCUT2D eigenvalue weighted by molar-refractivity contribution is 5.39. The lowest BCUT2D eigenvalue weighted by Crippen LogP contribution is -1.70. The normalized spacial score (nSPS) is 8.09. The van der Waals surface area contributed by atoms with Crippen molar-refractivity contribution in [3.05, 3.63) is 23.8 Å². The van der Waals surface area contributed by atoms with Gasteiger partial charge in [0.15, 0.2) is 11.5 Å². The molecule has 1 aromatic carbocycles. The van der Waals surface area contributed by atoms with E-state index in [1.54, 1.807) is 6.07 Å². The van der Waals surface area contributed by atoms with Gasteiger partial charge in [-0.15, -0.1) is 0 Å². The Balaban J connectivity index is 0.000000461. The molecule has 1 aromatic rings. The summed E-state index contributed by atoms with van der Waals surface area (Å²) in [6.07, 6.45) is 0. The molecular formula is C8H10O3. The van der Waals surface area contributed by atoms with E-state index in [1.165, 1.54) is 12.1 Å². The van der Waals surface area contributed by atoms with Crippen LogP contribution in [-0.4, -0.2) is 17.0 Å². The second-order valence-electron chi connectivity index (χ2n) is 1.99. The van der Waals surface area contributed by atoms with Crippen LogP contribution in [0.1, 0.15) is 5.56 Å². The van der Waals surface area contributed by atoms with E-state index >= 15 is 0 Å². The third-order valence-electron chi connectivity index (χ3n) is 1.13. The number of aryl methyl sites for hydroxylation is 1. The summed E-state index contributed by atoms with van der Waals surface area (Å²) in [5.41, 5.74) is 0.935. The number of hydrogen-bond acceptors (Lipinski definition) is 3. The van der Waals surface area contributed by atoms with Crippen LogP contribution in [0.3, 0.4) is 0 Å². The minimum absolute atomic E-state index is 0.0602. The monoisotopic (exact) mass is 154 g/mol. The van der Waals surface area contributed by atoms with Gasteiger partial charge in [-0.05, 0) is 24.6 Å². The first kappa shape index (κ1) is 9.49. The van der Waals surface area contributed by atoms with Crippen LogP contribution in [0, 0.1) is 6.92 Å². The number of hydrogen-bond donors (Lipinski definition) is 2. The first-order valence-electron chi connectivity index (χ1n) is 2.97. The average Bonchev–Trinajstić information content (AvgIpc) is 2.02. The number of carbonyl (C=O) groups excluding carboxylic acids is 1. The lowest BCUT2D eigenvalue weighted by Gasteiger charge is -1.95. The predicted molar refractivity (Wildman–Crippen MR) is 41.6 cm³/mol. The van der Waals surface area contributed by atoms with Gasteiger partial charge in [-0.2, -0.15) is 0 Å². The van der Waals surface area contributed by atoms with Crippen molar-refractivity contribution in [3.63, 3.8) is 0 Å². The van der Waals surface area contributed by atoms with Gasteiger partial charge >= 0.3 is 0 Å². The molecular weight excluding hydrogens is 144 g/mol. The van der Waals surface area contributed by atoms with E-state index in [0.29, 0.717) is 0 Å². The molecule has 60 valence electrons. The van der Waals surface area contributed by atoms with Crippen LogP contribution >= 0.6 is 0 Å². The summed E-state index contributed by atoms with van der Waals surface area (Å²) < 4.78 is 0. The zero-order valence-corrected chi connectivity index (χ0v) is 6.24. The quantitative estimate of drug-likeness (QED) is 0.552. The van der Waals surface area contributed by atoms with Crippen molar-refractivity contribution in [2.24, 2.45) is 0 Å².